The van der Waals surface area contributed by atoms with Gasteiger partial charge >= 0.3 is 6.03 Å². The largest absolute Gasteiger partial charge is 0.491 e. The van der Waals surface area contributed by atoms with Crippen molar-refractivity contribution in [2.75, 3.05) is 36.4 Å². The molecule has 0 bridgehead atoms. The number of likely N-dealkylation sites (tertiary alicyclic amines) is 1. The minimum atomic E-state index is -0.610. The lowest BCUT2D eigenvalue weighted by Crippen LogP contribution is -2.41. The van der Waals surface area contributed by atoms with E-state index >= 15 is 0 Å². The number of aromatic nitrogens is 3. The fraction of sp³-hybridized carbons (Fsp3) is 0.500. The summed E-state index contributed by atoms with van der Waals surface area (Å²) in [4.78, 5) is 36.1. The smallest absolute Gasteiger partial charge is 0.326 e. The van der Waals surface area contributed by atoms with Crippen molar-refractivity contribution in [1.82, 2.24) is 25.0 Å². The lowest BCUT2D eigenvalue weighted by molar-refractivity contribution is 0.0967. The minimum Gasteiger partial charge on any atom is -0.491 e. The van der Waals surface area contributed by atoms with Gasteiger partial charge in [0.05, 0.1) is 17.4 Å². The second-order valence-corrected chi connectivity index (χ2v) is 10.5. The number of nitrogens with zero attached hydrogens (tertiary/aromatic N) is 5. The summed E-state index contributed by atoms with van der Waals surface area (Å²) < 4.78 is 7.46. The molecular formula is C28H38ClN7O3. The van der Waals surface area contributed by atoms with Gasteiger partial charge in [-0.1, -0.05) is 6.07 Å². The molecular weight excluding hydrogens is 518 g/mol. The molecule has 0 spiro atoms. The number of urea groups is 1. The van der Waals surface area contributed by atoms with Crippen LogP contribution in [0, 0.1) is 6.92 Å². The molecule has 11 heteroatoms. The van der Waals surface area contributed by atoms with E-state index in [4.69, 9.17) is 9.72 Å². The highest BCUT2D eigenvalue weighted by Crippen LogP contribution is 2.31. The first-order chi connectivity index (χ1) is 18.3. The van der Waals surface area contributed by atoms with Crippen molar-refractivity contribution < 1.29 is 14.3 Å². The number of benzene rings is 1. The molecule has 2 fully saturated rings. The first-order valence-corrected chi connectivity index (χ1v) is 13.5. The predicted octanol–water partition coefficient (Wildman–Crippen LogP) is 4.51. The van der Waals surface area contributed by atoms with Crippen LogP contribution >= 0.6 is 12.4 Å². The molecule has 1 atom stereocenters. The highest BCUT2D eigenvalue weighted by atomic mass is 35.5. The van der Waals surface area contributed by atoms with E-state index in [1.54, 1.807) is 22.9 Å². The van der Waals surface area contributed by atoms with Gasteiger partial charge in [-0.2, -0.15) is 5.10 Å². The van der Waals surface area contributed by atoms with Crippen molar-refractivity contribution in [3.05, 3.63) is 41.6 Å². The molecule has 2 N–H and O–H groups in total. The molecule has 39 heavy (non-hydrogen) atoms. The van der Waals surface area contributed by atoms with Crippen molar-refractivity contribution in [2.24, 2.45) is 7.05 Å². The fourth-order valence-electron chi connectivity index (χ4n) is 5.54. The predicted molar refractivity (Wildman–Crippen MR) is 155 cm³/mol. The van der Waals surface area contributed by atoms with E-state index in [2.05, 4.69) is 25.5 Å². The summed E-state index contributed by atoms with van der Waals surface area (Å²) in [6.07, 6.45) is 4.58. The molecule has 3 aromatic rings. The van der Waals surface area contributed by atoms with Crippen LogP contribution in [-0.4, -0.2) is 69.9 Å². The highest BCUT2D eigenvalue weighted by Gasteiger charge is 2.32. The van der Waals surface area contributed by atoms with Crippen LogP contribution in [0.1, 0.15) is 55.6 Å². The van der Waals surface area contributed by atoms with Crippen LogP contribution in [0.15, 0.2) is 30.3 Å². The van der Waals surface area contributed by atoms with E-state index in [-0.39, 0.29) is 24.6 Å². The zero-order valence-electron chi connectivity index (χ0n) is 23.1. The molecule has 2 saturated heterocycles. The molecule has 1 aromatic carbocycles. The molecule has 5 rings (SSSR count). The van der Waals surface area contributed by atoms with Gasteiger partial charge in [-0.3, -0.25) is 14.8 Å². The Balaban J connectivity index is 0.00000353. The highest BCUT2D eigenvalue weighted by molar-refractivity contribution is 6.11. The lowest BCUT2D eigenvalue weighted by atomic mass is 10.1. The number of anilines is 2. The molecule has 1 unspecified atom stereocenters. The van der Waals surface area contributed by atoms with Crippen LogP contribution in [-0.2, 0) is 7.05 Å². The number of aryl methyl sites for hydroxylation is 2. The number of pyridine rings is 1. The maximum Gasteiger partial charge on any atom is 0.326 e. The normalized spacial score (nSPS) is 17.5. The van der Waals surface area contributed by atoms with E-state index < -0.39 is 11.9 Å². The number of carbonyl (C=O) groups excluding carboxylic acids is 2. The van der Waals surface area contributed by atoms with E-state index in [1.165, 1.54) is 12.8 Å². The molecule has 0 radical (unpaired) electrons. The number of ether oxygens (including phenoxy) is 1. The Morgan fingerprint density at radius 3 is 2.64 bits per heavy atom. The maximum absolute atomic E-state index is 13.5. The summed E-state index contributed by atoms with van der Waals surface area (Å²) in [7, 11) is 1.86. The number of hydrogen-bond acceptors (Lipinski definition) is 7. The molecule has 10 nitrogen and oxygen atoms in total. The average Bonchev–Trinajstić information content (AvgIpc) is 3.60. The summed E-state index contributed by atoms with van der Waals surface area (Å²) in [5.41, 5.74) is 2.44. The summed E-state index contributed by atoms with van der Waals surface area (Å²) in [5.74, 6) is 0.766. The SMILES string of the molecule is Cc1nn(C)c2nc(N3CCCC3CN3CCCC3)c(C(=O)NC(=O)Nc3cccc(OC(C)C)c3)cc12.Cl. The van der Waals surface area contributed by atoms with Crippen molar-refractivity contribution >= 4 is 46.9 Å². The van der Waals surface area contributed by atoms with Gasteiger partial charge in [-0.25, -0.2) is 9.78 Å². The Bertz CT molecular complexity index is 1340. The molecule has 210 valence electrons. The van der Waals surface area contributed by atoms with Crippen molar-refractivity contribution in [3.8, 4) is 5.75 Å². The molecule has 4 heterocycles. The second-order valence-electron chi connectivity index (χ2n) is 10.5. The van der Waals surface area contributed by atoms with Gasteiger partial charge in [0.1, 0.15) is 11.6 Å². The maximum atomic E-state index is 13.5. The quantitative estimate of drug-likeness (QED) is 0.442. The van der Waals surface area contributed by atoms with Gasteiger partial charge in [0.25, 0.3) is 5.91 Å². The first-order valence-electron chi connectivity index (χ1n) is 13.5. The van der Waals surface area contributed by atoms with Crippen molar-refractivity contribution in [3.63, 3.8) is 0 Å². The molecule has 0 aliphatic carbocycles. The average molecular weight is 556 g/mol. The number of nitrogens with one attached hydrogen (secondary N) is 2. The number of imide groups is 1. The van der Waals surface area contributed by atoms with Gasteiger partial charge in [-0.05, 0) is 77.7 Å². The Kier molecular flexibility index (Phi) is 8.97. The van der Waals surface area contributed by atoms with Gasteiger partial charge in [0, 0.05) is 43.3 Å². The van der Waals surface area contributed by atoms with Crippen LogP contribution in [0.5, 0.6) is 5.75 Å². The van der Waals surface area contributed by atoms with Gasteiger partial charge in [0.15, 0.2) is 5.65 Å². The Labute approximate surface area is 235 Å². The van der Waals surface area contributed by atoms with E-state index in [9.17, 15) is 9.59 Å². The first kappa shape index (κ1) is 28.6. The topological polar surface area (TPSA) is 105 Å². The van der Waals surface area contributed by atoms with Crippen molar-refractivity contribution in [2.45, 2.75) is 58.6 Å². The van der Waals surface area contributed by atoms with Crippen LogP contribution in [0.25, 0.3) is 11.0 Å². The second kappa shape index (κ2) is 12.2. The molecule has 2 aromatic heterocycles. The molecule has 0 saturated carbocycles. The summed E-state index contributed by atoms with van der Waals surface area (Å²) >= 11 is 0. The van der Waals surface area contributed by atoms with Crippen LogP contribution in [0.3, 0.4) is 0 Å². The Morgan fingerprint density at radius 1 is 1.13 bits per heavy atom. The van der Waals surface area contributed by atoms with Crippen LogP contribution in [0.2, 0.25) is 0 Å². The van der Waals surface area contributed by atoms with Gasteiger partial charge in [-0.15, -0.1) is 12.4 Å². The number of hydrogen-bond donors (Lipinski definition) is 2. The standard InChI is InChI=1S/C28H37N7O3.ClH/c1-18(2)38-22-11-7-9-20(15-22)29-28(37)31-27(36)24-16-23-19(3)32-33(4)25(23)30-26(24)35-14-8-10-21(35)17-34-12-5-6-13-34;/h7,9,11,15-16,18,21H,5-6,8,10,12-14,17H2,1-4H3,(H2,29,31,36,37);1H. The third-order valence-corrected chi connectivity index (χ3v) is 7.23. The summed E-state index contributed by atoms with van der Waals surface area (Å²) in [6.45, 7) is 9.80. The number of fused-ring (bicyclic) bond motifs is 1. The zero-order valence-corrected chi connectivity index (χ0v) is 23.9. The fourth-order valence-corrected chi connectivity index (χ4v) is 5.54. The van der Waals surface area contributed by atoms with Crippen LogP contribution in [0.4, 0.5) is 16.3 Å². The number of rotatable bonds is 7. The third kappa shape index (κ3) is 6.45. The van der Waals surface area contributed by atoms with Gasteiger partial charge < -0.3 is 19.9 Å². The molecule has 2 aliphatic heterocycles. The van der Waals surface area contributed by atoms with Gasteiger partial charge in [0.2, 0.25) is 0 Å². The third-order valence-electron chi connectivity index (χ3n) is 7.23. The van der Waals surface area contributed by atoms with Crippen LogP contribution < -0.4 is 20.3 Å². The number of amides is 3. The zero-order chi connectivity index (χ0) is 26.8. The monoisotopic (exact) mass is 555 g/mol. The van der Waals surface area contributed by atoms with E-state index in [0.717, 1.165) is 55.7 Å². The number of halogens is 1. The lowest BCUT2D eigenvalue weighted by Gasteiger charge is -2.30. The van der Waals surface area contributed by atoms with Crippen molar-refractivity contribution in [1.29, 1.82) is 0 Å². The summed E-state index contributed by atoms with van der Waals surface area (Å²) in [5, 5.41) is 10.6. The Morgan fingerprint density at radius 2 is 1.90 bits per heavy atom. The summed E-state index contributed by atoms with van der Waals surface area (Å²) in [6, 6.07) is 8.59. The van der Waals surface area contributed by atoms with E-state index in [1.807, 2.05) is 40.0 Å². The Hall–Kier alpha value is -3.37. The molecule has 2 aliphatic rings. The minimum absolute atomic E-state index is 0. The number of carbonyl (C=O) groups is 2. The van der Waals surface area contributed by atoms with E-state index in [0.29, 0.717) is 22.8 Å². The molecule has 3 amide bonds.